The number of amides is 10. The van der Waals surface area contributed by atoms with Crippen LogP contribution in [0.15, 0.2) is 212 Å². The van der Waals surface area contributed by atoms with Crippen LogP contribution in [0.25, 0.3) is 21.1 Å². The number of hydrogen-bond acceptors (Lipinski definition) is 23. The van der Waals surface area contributed by atoms with Crippen LogP contribution in [0.5, 0.6) is 0 Å². The topological polar surface area (TPSA) is 545 Å². The van der Waals surface area contributed by atoms with Gasteiger partial charge in [0.05, 0.1) is 59.0 Å². The smallest absolute Gasteiger partial charge is 0.287 e. The second-order valence-corrected chi connectivity index (χ2v) is 35.0. The lowest BCUT2D eigenvalue weighted by Gasteiger charge is -2.22. The lowest BCUT2D eigenvalue weighted by Crippen LogP contribution is -2.47. The van der Waals surface area contributed by atoms with E-state index in [9.17, 15) is 71.9 Å². The lowest BCUT2D eigenvalue weighted by molar-refractivity contribution is -0.137. The molecule has 5 unspecified atom stereocenters. The van der Waals surface area contributed by atoms with Crippen molar-refractivity contribution in [1.29, 1.82) is 0 Å². The van der Waals surface area contributed by atoms with Gasteiger partial charge in [-0.25, -0.2) is 0 Å². The number of ether oxygens (including phenoxy) is 1. The van der Waals surface area contributed by atoms with Crippen LogP contribution in [-0.4, -0.2) is 180 Å². The molecule has 1 aliphatic heterocycles. The van der Waals surface area contributed by atoms with Crippen molar-refractivity contribution in [3.63, 3.8) is 0 Å². The van der Waals surface area contributed by atoms with Gasteiger partial charge in [-0.1, -0.05) is 182 Å². The molecular weight excluding hydrogens is 1790 g/mol. The van der Waals surface area contributed by atoms with Gasteiger partial charge in [0.25, 0.3) is 59.1 Å². The van der Waals surface area contributed by atoms with Gasteiger partial charge in [-0.2, -0.15) is 25.5 Å². The number of rotatable bonds is 35. The fraction of sp³-hybridized carbons (Fsp3) is 0.292. The third-order valence-corrected chi connectivity index (χ3v) is 24.2. The van der Waals surface area contributed by atoms with Crippen molar-refractivity contribution in [1.82, 2.24) is 75.5 Å². The number of primary amides is 5. The van der Waals surface area contributed by atoms with Crippen LogP contribution in [0.1, 0.15) is 166 Å². The quantitative estimate of drug-likeness (QED) is 0.0187. The average Bonchev–Trinajstić information content (AvgIpc) is 1.65. The summed E-state index contributed by atoms with van der Waals surface area (Å²) in [6, 6.07) is 47.7. The molecule has 10 amide bonds. The Hall–Kier alpha value is -15.2. The molecule has 15 rings (SSSR count). The van der Waals surface area contributed by atoms with Crippen LogP contribution in [0, 0.1) is 0 Å². The molecule has 0 spiro atoms. The van der Waals surface area contributed by atoms with E-state index in [-0.39, 0.29) is 49.5 Å². The Kier molecular flexibility index (Phi) is 35.5. The van der Waals surface area contributed by atoms with Crippen molar-refractivity contribution in [2.45, 2.75) is 131 Å². The third kappa shape index (κ3) is 28.4. The summed E-state index contributed by atoms with van der Waals surface area (Å²) in [7, 11) is 8.66. The highest BCUT2D eigenvalue weighted by Gasteiger charge is 2.37. The molecule has 2 saturated carbocycles. The fourth-order valence-electron chi connectivity index (χ4n) is 15.3. The molecule has 7 aromatic heterocycles. The molecule has 0 bridgehead atoms. The molecule has 15 N–H and O–H groups in total. The van der Waals surface area contributed by atoms with E-state index in [0.29, 0.717) is 62.8 Å². The summed E-state index contributed by atoms with van der Waals surface area (Å²) < 4.78 is 13.8. The highest BCUT2D eigenvalue weighted by Crippen LogP contribution is 2.41. The number of benzene rings is 5. The molecule has 1 saturated heterocycles. The van der Waals surface area contributed by atoms with Gasteiger partial charge in [0, 0.05) is 129 Å². The number of aryl methyl sites for hydroxylation is 5. The first-order valence-corrected chi connectivity index (χ1v) is 45.2. The molecule has 39 heteroatoms. The van der Waals surface area contributed by atoms with E-state index in [2.05, 4.69) is 52.1 Å². The predicted molar refractivity (Wildman–Crippen MR) is 502 cm³/mol. The number of carbonyl (C=O) groups excluding carboxylic acids is 15. The van der Waals surface area contributed by atoms with Gasteiger partial charge in [-0.3, -0.25) is 95.3 Å². The molecule has 3 fully saturated rings. The molecule has 3 aliphatic rings. The Bertz CT molecular complexity index is 6240. The van der Waals surface area contributed by atoms with Crippen LogP contribution in [0.3, 0.4) is 0 Å². The highest BCUT2D eigenvalue weighted by atomic mass is 35.5. The van der Waals surface area contributed by atoms with Crippen LogP contribution in [0.4, 0.5) is 0 Å². The van der Waals surface area contributed by atoms with Crippen molar-refractivity contribution in [3.05, 3.63) is 289 Å². The fourth-order valence-corrected chi connectivity index (χ4v) is 17.1. The summed E-state index contributed by atoms with van der Waals surface area (Å²) in [4.78, 5) is 184. The summed E-state index contributed by atoms with van der Waals surface area (Å²) in [5, 5.41) is 37.1. The molecule has 5 atom stereocenters. The minimum atomic E-state index is -1.10. The van der Waals surface area contributed by atoms with E-state index < -0.39 is 118 Å². The van der Waals surface area contributed by atoms with Crippen molar-refractivity contribution < 1.29 is 76.7 Å². The molecule has 36 nitrogen and oxygen atoms in total. The van der Waals surface area contributed by atoms with Crippen molar-refractivity contribution >= 4 is 122 Å². The number of nitrogens with one attached hydrogen (secondary N) is 5. The first-order chi connectivity index (χ1) is 64.7. The van der Waals surface area contributed by atoms with Gasteiger partial charge in [0.15, 0.2) is 0 Å². The Morgan fingerprint density at radius 1 is 0.333 bits per heavy atom. The maximum absolute atomic E-state index is 12.9. The zero-order chi connectivity index (χ0) is 97.1. The Balaban J connectivity index is 0.000000162. The SMILES string of the molecule is Cn1cc(C(=O)NC(Cc2ccccc2)C(=O)C(N)=O)c(-c2ccc(Cl)s2)n1.Cn1cc(C(=O)NC(Cc2ccccc2)C(=O)C(N)=O)c(-c2cccs2)n1.Cn1cc(C(=O)NC(Cc2ccccc2)C(=O)C(N)=O)c(C2CC2)n1.Cn1cc(C(=O)NC(Cc2ccccc2)C(=O)C(N)=O)c(C2CCCC2)n1.Cn1cc(C(=O)NC(Cc2ccccc2)C(=O)C(N)=O)c(C2CCOCC2)n1. The van der Waals surface area contributed by atoms with Gasteiger partial charge in [-0.15, -0.1) is 22.7 Å². The Morgan fingerprint density at radius 2 is 0.593 bits per heavy atom. The second kappa shape index (κ2) is 47.8. The normalized spacial score (nSPS) is 13.9. The molecular formula is C96H103ClN20O16S2. The molecule has 12 aromatic rings. The van der Waals surface area contributed by atoms with E-state index in [0.717, 1.165) is 100 Å². The van der Waals surface area contributed by atoms with Gasteiger partial charge >= 0.3 is 0 Å². The third-order valence-electron chi connectivity index (χ3n) is 22.1. The molecule has 0 radical (unpaired) electrons. The molecule has 8 heterocycles. The van der Waals surface area contributed by atoms with E-state index >= 15 is 0 Å². The van der Waals surface area contributed by atoms with Crippen LogP contribution >= 0.6 is 34.3 Å². The standard InChI is InChI=1S/C20H24N4O4.C20H24N4O3.C19H17ClN4O3S.C19H18N4O3S.C18H20N4O3/c1-24-12-15(17(23-24)14-7-9-28-10-8-14)20(27)22-16(18(25)19(21)26)11-13-5-3-2-4-6-13;1-24-12-15(17(23-24)14-9-5-6-10-14)20(27)22-16(18(25)19(21)26)11-13-7-3-2-4-8-13;1-24-10-12(16(23-24)14-7-8-15(20)28-14)19(27)22-13(17(25)18(21)26)9-11-5-3-2-4-6-11;1-23-11-13(16(22-23)15-8-5-9-27-15)19(26)21-14(17(24)18(20)25)10-12-6-3-2-4-7-12;1-22-10-13(15(21-22)12-7-8-12)18(25)20-14(16(23)17(19)24)9-11-5-3-2-4-6-11/h2-6,12,14,16H,7-11H2,1H3,(H2,21,26)(H,22,27);2-4,7-8,12,14,16H,5-6,9-11H2,1H3,(H2,21,26)(H,22,27);2-8,10,13H,9H2,1H3,(H2,21,26)(H,22,27);2-9,11,14H,10H2,1H3,(H2,20,25)(H,21,26);2-6,10,12,14H,7-9H2,1H3,(H2,19,24)(H,20,25). The summed E-state index contributed by atoms with van der Waals surface area (Å²) in [5.74, 6) is -11.1. The van der Waals surface area contributed by atoms with E-state index in [1.54, 1.807) is 105 Å². The number of hydrogen-bond donors (Lipinski definition) is 10. The van der Waals surface area contributed by atoms with Gasteiger partial charge < -0.3 is 60.0 Å². The number of Topliss-reactive ketones (excluding diaryl/α,β-unsaturated/α-hetero) is 5. The first kappa shape index (κ1) is 100. The number of nitrogens with zero attached hydrogens (tertiary/aromatic N) is 10. The van der Waals surface area contributed by atoms with Crippen molar-refractivity contribution in [2.24, 2.45) is 63.9 Å². The van der Waals surface area contributed by atoms with Crippen LogP contribution in [0.2, 0.25) is 4.34 Å². The Labute approximate surface area is 788 Å². The van der Waals surface area contributed by atoms with Gasteiger partial charge in [0.1, 0.15) is 41.6 Å². The zero-order valence-corrected chi connectivity index (χ0v) is 76.9. The average molecular weight is 1890 g/mol. The van der Waals surface area contributed by atoms with Gasteiger partial charge in [-0.05, 0) is 89.9 Å². The summed E-state index contributed by atoms with van der Waals surface area (Å²) >= 11 is 8.73. The number of thiophene rings is 2. The minimum Gasteiger partial charge on any atom is -0.381 e. The number of nitrogens with two attached hydrogens (primary N) is 5. The van der Waals surface area contributed by atoms with Gasteiger partial charge in [0.2, 0.25) is 28.9 Å². The number of ketones is 5. The predicted octanol–water partition coefficient (Wildman–Crippen LogP) is 6.62. The monoisotopic (exact) mass is 1890 g/mol. The highest BCUT2D eigenvalue weighted by molar-refractivity contribution is 7.19. The lowest BCUT2D eigenvalue weighted by atomic mass is 9.93. The second-order valence-electron chi connectivity index (χ2n) is 32.4. The van der Waals surface area contributed by atoms with E-state index in [1.165, 1.54) is 32.0 Å². The van der Waals surface area contributed by atoms with E-state index in [4.69, 9.17) is 45.0 Å². The number of aromatic nitrogens is 10. The van der Waals surface area contributed by atoms with Crippen LogP contribution < -0.4 is 55.3 Å². The molecule has 702 valence electrons. The molecule has 2 aliphatic carbocycles. The summed E-state index contributed by atoms with van der Waals surface area (Å²) in [6.45, 7) is 1.25. The van der Waals surface area contributed by atoms with Crippen LogP contribution in [-0.2, 0) is 120 Å². The summed E-state index contributed by atoms with van der Waals surface area (Å²) in [5.41, 5.74) is 35.0. The first-order valence-electron chi connectivity index (χ1n) is 43.1. The zero-order valence-electron chi connectivity index (χ0n) is 74.5. The Morgan fingerprint density at radius 3 is 0.852 bits per heavy atom. The van der Waals surface area contributed by atoms with Crippen molar-refractivity contribution in [3.8, 4) is 21.1 Å². The number of carbonyl (C=O) groups is 15. The maximum Gasteiger partial charge on any atom is 0.287 e. The van der Waals surface area contributed by atoms with E-state index in [1.807, 2.05) is 157 Å². The number of halogens is 1. The summed E-state index contributed by atoms with van der Waals surface area (Å²) in [6.07, 6.45) is 16.8. The largest absolute Gasteiger partial charge is 0.381 e. The molecule has 135 heavy (non-hydrogen) atoms. The maximum atomic E-state index is 12.9. The molecule has 5 aromatic carbocycles. The minimum absolute atomic E-state index is 0.120. The van der Waals surface area contributed by atoms with Crippen molar-refractivity contribution in [2.75, 3.05) is 13.2 Å².